The number of carbonyl (C=O) groups is 2. The van der Waals surface area contributed by atoms with Gasteiger partial charge in [-0.25, -0.2) is 8.42 Å². The highest BCUT2D eigenvalue weighted by atomic mass is 32.2. The van der Waals surface area contributed by atoms with E-state index in [1.54, 1.807) is 0 Å². The van der Waals surface area contributed by atoms with E-state index in [2.05, 4.69) is 0 Å². The number of carboxylic acid groups (broad SMARTS) is 1. The first kappa shape index (κ1) is 18.3. The molecular formula is C15H17N3O7S. The predicted molar refractivity (Wildman–Crippen MR) is 87.7 cm³/mol. The number of sulfonamides is 1. The van der Waals surface area contributed by atoms with Gasteiger partial charge >= 0.3 is 5.97 Å². The molecule has 2 aliphatic rings. The fourth-order valence-electron chi connectivity index (χ4n) is 3.04. The molecule has 0 radical (unpaired) electrons. The lowest BCUT2D eigenvalue weighted by molar-refractivity contribution is -0.387. The molecule has 10 nitrogen and oxygen atoms in total. The van der Waals surface area contributed by atoms with E-state index in [4.69, 9.17) is 0 Å². The molecule has 26 heavy (non-hydrogen) atoms. The molecule has 0 atom stereocenters. The van der Waals surface area contributed by atoms with Gasteiger partial charge in [0.15, 0.2) is 4.90 Å². The highest BCUT2D eigenvalue weighted by Crippen LogP contribution is 2.47. The molecule has 1 heterocycles. The van der Waals surface area contributed by atoms with Crippen molar-refractivity contribution < 1.29 is 28.0 Å². The van der Waals surface area contributed by atoms with Gasteiger partial charge in [0, 0.05) is 32.2 Å². The summed E-state index contributed by atoms with van der Waals surface area (Å²) in [5.41, 5.74) is -1.87. The summed E-state index contributed by atoms with van der Waals surface area (Å²) in [6.45, 7) is 0.00703. The van der Waals surface area contributed by atoms with Crippen molar-refractivity contribution in [2.45, 2.75) is 17.7 Å². The molecule has 2 fully saturated rings. The molecule has 1 aliphatic heterocycles. The van der Waals surface area contributed by atoms with Crippen LogP contribution in [0.3, 0.4) is 0 Å². The Hall–Kier alpha value is -2.53. The van der Waals surface area contributed by atoms with Gasteiger partial charge in [0.2, 0.25) is 15.9 Å². The monoisotopic (exact) mass is 383 g/mol. The number of benzene rings is 1. The Morgan fingerprint density at radius 1 is 1.12 bits per heavy atom. The second-order valence-electron chi connectivity index (χ2n) is 6.31. The molecule has 1 N–H and O–H groups in total. The second-order valence-corrected chi connectivity index (χ2v) is 8.21. The minimum atomic E-state index is -4.09. The summed E-state index contributed by atoms with van der Waals surface area (Å²) < 4.78 is 26.5. The molecule has 1 aromatic rings. The van der Waals surface area contributed by atoms with Gasteiger partial charge in [-0.15, -0.1) is 0 Å². The van der Waals surface area contributed by atoms with Gasteiger partial charge < -0.3 is 10.0 Å². The number of carboxylic acids is 1. The molecule has 1 aliphatic carbocycles. The number of piperazine rings is 1. The van der Waals surface area contributed by atoms with E-state index in [1.165, 1.54) is 23.1 Å². The van der Waals surface area contributed by atoms with Gasteiger partial charge in [0.25, 0.3) is 5.69 Å². The lowest BCUT2D eigenvalue weighted by Crippen LogP contribution is -2.53. The first-order valence-corrected chi connectivity index (χ1v) is 9.40. The number of hydrogen-bond donors (Lipinski definition) is 1. The maximum atomic E-state index is 12.7. The molecule has 1 aromatic carbocycles. The van der Waals surface area contributed by atoms with Crippen molar-refractivity contribution in [2.75, 3.05) is 26.2 Å². The Morgan fingerprint density at radius 2 is 1.69 bits per heavy atom. The molecular weight excluding hydrogens is 366 g/mol. The van der Waals surface area contributed by atoms with Crippen LogP contribution < -0.4 is 0 Å². The molecule has 0 spiro atoms. The molecule has 1 amide bonds. The average Bonchev–Trinajstić information content (AvgIpc) is 3.43. The Morgan fingerprint density at radius 3 is 2.19 bits per heavy atom. The zero-order chi connectivity index (χ0) is 19.1. The number of amides is 1. The highest BCUT2D eigenvalue weighted by molar-refractivity contribution is 7.89. The number of nitrogens with zero attached hydrogens (tertiary/aromatic N) is 3. The van der Waals surface area contributed by atoms with Crippen LogP contribution in [0.1, 0.15) is 12.8 Å². The van der Waals surface area contributed by atoms with Crippen LogP contribution in [0.2, 0.25) is 0 Å². The van der Waals surface area contributed by atoms with Crippen LogP contribution in [0.25, 0.3) is 0 Å². The van der Waals surface area contributed by atoms with Crippen LogP contribution in [-0.2, 0) is 19.6 Å². The zero-order valence-corrected chi connectivity index (χ0v) is 14.5. The Balaban J connectivity index is 1.75. The van der Waals surface area contributed by atoms with Gasteiger partial charge in [0.05, 0.1) is 4.92 Å². The van der Waals surface area contributed by atoms with Crippen LogP contribution in [-0.4, -0.2) is 65.7 Å². The molecule has 1 saturated heterocycles. The van der Waals surface area contributed by atoms with Crippen LogP contribution in [0.4, 0.5) is 5.69 Å². The van der Waals surface area contributed by atoms with Crippen molar-refractivity contribution in [3.63, 3.8) is 0 Å². The number of rotatable bonds is 5. The zero-order valence-electron chi connectivity index (χ0n) is 13.7. The van der Waals surface area contributed by atoms with Crippen molar-refractivity contribution in [3.8, 4) is 0 Å². The third-order valence-corrected chi connectivity index (χ3v) is 6.72. The highest BCUT2D eigenvalue weighted by Gasteiger charge is 2.58. The Labute approximate surface area is 149 Å². The van der Waals surface area contributed by atoms with Crippen LogP contribution in [0, 0.1) is 15.5 Å². The predicted octanol–water partition coefficient (Wildman–Crippen LogP) is 0.293. The van der Waals surface area contributed by atoms with E-state index in [9.17, 15) is 33.2 Å². The summed E-state index contributed by atoms with van der Waals surface area (Å²) >= 11 is 0. The molecule has 0 unspecified atom stereocenters. The SMILES string of the molecule is O=C(O)C1(C(=O)N2CCN(S(=O)(=O)c3ccccc3[N+](=O)[O-])CC2)CC1. The van der Waals surface area contributed by atoms with Crippen molar-refractivity contribution in [2.24, 2.45) is 5.41 Å². The van der Waals surface area contributed by atoms with Crippen molar-refractivity contribution in [3.05, 3.63) is 34.4 Å². The van der Waals surface area contributed by atoms with Crippen LogP contribution >= 0.6 is 0 Å². The van der Waals surface area contributed by atoms with Crippen molar-refractivity contribution in [1.29, 1.82) is 0 Å². The van der Waals surface area contributed by atoms with Gasteiger partial charge in [0.1, 0.15) is 5.41 Å². The summed E-state index contributed by atoms with van der Waals surface area (Å²) in [5.74, 6) is -1.65. The Kier molecular flexibility index (Phi) is 4.44. The molecule has 1 saturated carbocycles. The van der Waals surface area contributed by atoms with Crippen LogP contribution in [0.15, 0.2) is 29.2 Å². The van der Waals surface area contributed by atoms with Crippen LogP contribution in [0.5, 0.6) is 0 Å². The maximum absolute atomic E-state index is 12.7. The fourth-order valence-corrected chi connectivity index (χ4v) is 4.62. The smallest absolute Gasteiger partial charge is 0.319 e. The largest absolute Gasteiger partial charge is 0.480 e. The van der Waals surface area contributed by atoms with E-state index in [0.29, 0.717) is 0 Å². The summed E-state index contributed by atoms with van der Waals surface area (Å²) in [5, 5.41) is 20.3. The van der Waals surface area contributed by atoms with E-state index >= 15 is 0 Å². The van der Waals surface area contributed by atoms with Gasteiger partial charge in [-0.3, -0.25) is 19.7 Å². The molecule has 0 aromatic heterocycles. The quantitative estimate of drug-likeness (QED) is 0.438. The number of nitro groups is 1. The average molecular weight is 383 g/mol. The summed E-state index contributed by atoms with van der Waals surface area (Å²) in [6, 6.07) is 5.09. The number of nitro benzene ring substituents is 1. The standard InChI is InChI=1S/C15H17N3O7S/c19-13(15(5-6-15)14(20)21)16-7-9-17(10-8-16)26(24,25)12-4-2-1-3-11(12)18(22)23/h1-4H,5-10H2,(H,20,21). The number of aliphatic carboxylic acids is 1. The van der Waals surface area contributed by atoms with E-state index in [1.807, 2.05) is 0 Å². The molecule has 11 heteroatoms. The minimum Gasteiger partial charge on any atom is -0.480 e. The summed E-state index contributed by atoms with van der Waals surface area (Å²) in [4.78, 5) is 34.9. The normalized spacial score (nSPS) is 19.8. The first-order chi connectivity index (χ1) is 12.2. The van der Waals surface area contributed by atoms with Gasteiger partial charge in [-0.05, 0) is 18.9 Å². The van der Waals surface area contributed by atoms with Gasteiger partial charge in [-0.1, -0.05) is 12.1 Å². The summed E-state index contributed by atoms with van der Waals surface area (Å²) in [6.07, 6.45) is 0.575. The Bertz CT molecular complexity index is 871. The maximum Gasteiger partial charge on any atom is 0.319 e. The third kappa shape index (κ3) is 2.92. The van der Waals surface area contributed by atoms with Crippen molar-refractivity contribution in [1.82, 2.24) is 9.21 Å². The molecule has 140 valence electrons. The topological polar surface area (TPSA) is 138 Å². The second kappa shape index (κ2) is 6.32. The number of carbonyl (C=O) groups excluding carboxylic acids is 1. The lowest BCUT2D eigenvalue weighted by atomic mass is 10.1. The fraction of sp³-hybridized carbons (Fsp3) is 0.467. The first-order valence-electron chi connectivity index (χ1n) is 7.96. The molecule has 3 rings (SSSR count). The summed E-state index contributed by atoms with van der Waals surface area (Å²) in [7, 11) is -4.09. The van der Waals surface area contributed by atoms with Gasteiger partial charge in [-0.2, -0.15) is 4.31 Å². The number of hydrogen-bond acceptors (Lipinski definition) is 6. The minimum absolute atomic E-state index is 0.0458. The molecule has 0 bridgehead atoms. The lowest BCUT2D eigenvalue weighted by Gasteiger charge is -2.35. The van der Waals surface area contributed by atoms with E-state index < -0.39 is 42.8 Å². The van der Waals surface area contributed by atoms with E-state index in [0.717, 1.165) is 10.4 Å². The number of para-hydroxylation sites is 1. The third-order valence-electron chi connectivity index (χ3n) is 4.77. The van der Waals surface area contributed by atoms with Crippen molar-refractivity contribution >= 4 is 27.6 Å². The van der Waals surface area contributed by atoms with E-state index in [-0.39, 0.29) is 39.0 Å².